The van der Waals surface area contributed by atoms with Gasteiger partial charge in [0, 0.05) is 0 Å². The maximum Gasteiger partial charge on any atom is 0.423 e. The molecular weight excluding hydrogens is 236 g/mol. The van der Waals surface area contributed by atoms with Crippen molar-refractivity contribution in [1.82, 2.24) is 0 Å². The molecule has 2 atom stereocenters. The Morgan fingerprint density at radius 3 is 1.29 bits per heavy atom. The lowest BCUT2D eigenvalue weighted by atomic mass is 10.7. The molecule has 0 aliphatic rings. The molecule has 0 saturated heterocycles. The molecule has 12 heteroatoms. The zero-order valence-electron chi connectivity index (χ0n) is 6.39. The van der Waals surface area contributed by atoms with Crippen LogP contribution >= 0.6 is 14.9 Å². The average Bonchev–Trinajstić information content (AvgIpc) is 1.78. The first-order valence-corrected chi connectivity index (χ1v) is 6.01. The molecule has 14 heavy (non-hydrogen) atoms. The van der Waals surface area contributed by atoms with Crippen LogP contribution in [0.3, 0.4) is 0 Å². The number of hydrogen-bond donors (Lipinski definition) is 2. The van der Waals surface area contributed by atoms with Gasteiger partial charge in [-0.2, -0.15) is 0 Å². The van der Waals surface area contributed by atoms with E-state index in [1.807, 2.05) is 0 Å². The van der Waals surface area contributed by atoms with Crippen LogP contribution in [0.5, 0.6) is 0 Å². The van der Waals surface area contributed by atoms with Gasteiger partial charge in [-0.25, -0.2) is 9.59 Å². The third kappa shape index (κ3) is 6.91. The lowest BCUT2D eigenvalue weighted by Gasteiger charge is -2.08. The lowest BCUT2D eigenvalue weighted by Crippen LogP contribution is -2.18. The van der Waals surface area contributed by atoms with E-state index in [1.165, 1.54) is 0 Å². The zero-order valence-corrected chi connectivity index (χ0v) is 8.18. The number of carbonyl (C=O) groups excluding carboxylic acids is 2. The number of carbonyl (C=O) groups is 2. The summed E-state index contributed by atoms with van der Waals surface area (Å²) in [5.41, 5.74) is 0. The second-order valence-corrected chi connectivity index (χ2v) is 4.51. The lowest BCUT2D eigenvalue weighted by molar-refractivity contribution is -0.156. The summed E-state index contributed by atoms with van der Waals surface area (Å²) in [4.78, 5) is 37.4. The van der Waals surface area contributed by atoms with Crippen molar-refractivity contribution < 1.29 is 37.6 Å². The Labute approximate surface area is 80.4 Å². The van der Waals surface area contributed by atoms with E-state index in [2.05, 4.69) is 24.2 Å². The second-order valence-electron chi connectivity index (χ2n) is 1.89. The Kier molecular flexibility index (Phi) is 4.14. The van der Waals surface area contributed by atoms with E-state index in [9.17, 15) is 18.7 Å². The van der Waals surface area contributed by atoms with Crippen LogP contribution in [0, 0.1) is 0 Å². The van der Waals surface area contributed by atoms with Crippen LogP contribution in [-0.4, -0.2) is 36.9 Å². The Morgan fingerprint density at radius 2 is 1.14 bits per heavy atom. The highest BCUT2D eigenvalue weighted by molar-refractivity contribution is 7.79. The molecule has 0 amide bonds. The highest BCUT2D eigenvalue weighted by Gasteiger charge is 2.28. The molecule has 0 aromatic rings. The monoisotopic (exact) mass is 238 g/mol. The second kappa shape index (κ2) is 4.31. The fourth-order valence-corrected chi connectivity index (χ4v) is 0.936. The molecule has 0 aliphatic heterocycles. The molecule has 0 aromatic carbocycles. The van der Waals surface area contributed by atoms with E-state index in [0.717, 1.165) is 0 Å². The average molecular weight is 238 g/mol. The van der Waals surface area contributed by atoms with Crippen LogP contribution in [0.25, 0.3) is 0 Å². The molecule has 0 rings (SSSR count). The summed E-state index contributed by atoms with van der Waals surface area (Å²) in [6.07, 6.45) is 0. The Balaban J connectivity index is 4.37. The van der Waals surface area contributed by atoms with Gasteiger partial charge in [-0.05, 0) is 0 Å². The smallest absolute Gasteiger partial charge is 0.392 e. The molecule has 4 radical (unpaired) electrons. The molecule has 0 saturated carbocycles. The first-order chi connectivity index (χ1) is 6.01. The van der Waals surface area contributed by atoms with Crippen molar-refractivity contribution in [2.75, 3.05) is 0 Å². The topological polar surface area (TPSA) is 127 Å². The van der Waals surface area contributed by atoms with E-state index in [1.54, 1.807) is 0 Å². The summed E-state index contributed by atoms with van der Waals surface area (Å²) in [6.45, 7) is 0. The number of hydrogen-bond acceptors (Lipinski definition) is 6. The van der Waals surface area contributed by atoms with Crippen LogP contribution in [0.2, 0.25) is 0 Å². The third-order valence-electron chi connectivity index (χ3n) is 0.594. The van der Waals surface area contributed by atoms with E-state index >= 15 is 0 Å². The van der Waals surface area contributed by atoms with Crippen LogP contribution in [-0.2, 0) is 27.8 Å². The summed E-state index contributed by atoms with van der Waals surface area (Å²) in [5, 5.41) is 0. The van der Waals surface area contributed by atoms with Gasteiger partial charge < -0.3 is 18.8 Å². The fourth-order valence-electron chi connectivity index (χ4n) is 0.312. The minimum Gasteiger partial charge on any atom is -0.392 e. The van der Waals surface area contributed by atoms with Gasteiger partial charge in [-0.15, -0.1) is 0 Å². The molecule has 74 valence electrons. The zero-order chi connectivity index (χ0) is 11.6. The molecule has 0 fully saturated rings. The molecule has 0 heterocycles. The Morgan fingerprint density at radius 1 is 0.929 bits per heavy atom. The van der Waals surface area contributed by atoms with Crippen molar-refractivity contribution in [3.8, 4) is 0 Å². The third-order valence-corrected chi connectivity index (χ3v) is 1.45. The predicted molar refractivity (Wildman–Crippen MR) is 43.3 cm³/mol. The summed E-state index contributed by atoms with van der Waals surface area (Å²) in [5.74, 6) is -4.00. The van der Waals surface area contributed by atoms with Crippen molar-refractivity contribution >= 4 is 42.0 Å². The van der Waals surface area contributed by atoms with Crippen molar-refractivity contribution in [3.63, 3.8) is 0 Å². The molecule has 0 aromatic heterocycles. The van der Waals surface area contributed by atoms with Crippen LogP contribution in [0.1, 0.15) is 0 Å². The van der Waals surface area contributed by atoms with E-state index in [-0.39, 0.29) is 0 Å². The van der Waals surface area contributed by atoms with Gasteiger partial charge >= 0.3 is 26.9 Å². The normalized spacial score (nSPS) is 18.7. The van der Waals surface area contributed by atoms with Gasteiger partial charge in [0.25, 0.3) is 15.1 Å². The maximum absolute atomic E-state index is 10.4. The first-order valence-electron chi connectivity index (χ1n) is 2.71. The van der Waals surface area contributed by atoms with Gasteiger partial charge in [0.15, 0.2) is 0 Å². The molecule has 0 bridgehead atoms. The minimum atomic E-state index is -4.70. The molecule has 0 spiro atoms. The van der Waals surface area contributed by atoms with Gasteiger partial charge in [0.2, 0.25) is 0 Å². The van der Waals surface area contributed by atoms with Gasteiger partial charge in [0.05, 0.1) is 0 Å². The van der Waals surface area contributed by atoms with E-state index in [4.69, 9.17) is 9.79 Å². The Hall–Kier alpha value is -0.550. The molecule has 0 aliphatic carbocycles. The van der Waals surface area contributed by atoms with Crippen molar-refractivity contribution in [2.45, 2.75) is 0 Å². The standard InChI is InChI=1S/C2H2B2O8P2/c3-13(7,8)11-1(5)2(6)12-14(4,9)10/h(H,7,8)(H,9,10). The SMILES string of the molecule is [B]P(=O)(O)OC(=O)C(=O)OP([B])(=O)O. The van der Waals surface area contributed by atoms with Crippen LogP contribution in [0.4, 0.5) is 0 Å². The fraction of sp³-hybridized carbons (Fsp3) is 0. The van der Waals surface area contributed by atoms with Crippen LogP contribution < -0.4 is 0 Å². The molecule has 8 nitrogen and oxygen atoms in total. The molecular formula is C2H2B2O8P2. The van der Waals surface area contributed by atoms with Gasteiger partial charge in [-0.3, -0.25) is 9.13 Å². The molecule has 2 unspecified atom stereocenters. The Bertz CT molecular complexity index is 303. The summed E-state index contributed by atoms with van der Waals surface area (Å²) in [7, 11) is -0.737. The number of rotatable bonds is 2. The van der Waals surface area contributed by atoms with Gasteiger partial charge in [0.1, 0.15) is 0 Å². The van der Waals surface area contributed by atoms with E-state index < -0.39 is 26.9 Å². The van der Waals surface area contributed by atoms with Gasteiger partial charge in [-0.1, -0.05) is 0 Å². The van der Waals surface area contributed by atoms with E-state index in [0.29, 0.717) is 0 Å². The summed E-state index contributed by atoms with van der Waals surface area (Å²) < 4.78 is 27.3. The van der Waals surface area contributed by atoms with Crippen LogP contribution in [0.15, 0.2) is 0 Å². The van der Waals surface area contributed by atoms with Crippen molar-refractivity contribution in [1.29, 1.82) is 0 Å². The van der Waals surface area contributed by atoms with Crippen molar-refractivity contribution in [2.24, 2.45) is 0 Å². The summed E-state index contributed by atoms with van der Waals surface area (Å²) in [6, 6.07) is 0. The highest BCUT2D eigenvalue weighted by Crippen LogP contribution is 2.38. The largest absolute Gasteiger partial charge is 0.423 e. The predicted octanol–water partition coefficient (Wildman–Crippen LogP) is -1.39. The minimum absolute atomic E-state index is 2.00. The quantitative estimate of drug-likeness (QED) is 0.341. The van der Waals surface area contributed by atoms with Crippen molar-refractivity contribution in [3.05, 3.63) is 0 Å². The molecule has 2 N–H and O–H groups in total. The maximum atomic E-state index is 10.4. The highest BCUT2D eigenvalue weighted by atomic mass is 31.2. The summed E-state index contributed by atoms with van der Waals surface area (Å²) >= 11 is 0. The first kappa shape index (κ1) is 13.4.